The molecule has 0 N–H and O–H groups in total. The first kappa shape index (κ1) is 15.0. The van der Waals surface area contributed by atoms with Gasteiger partial charge in [-0.1, -0.05) is 12.1 Å². The van der Waals surface area contributed by atoms with Crippen LogP contribution in [0.2, 0.25) is 0 Å². The van der Waals surface area contributed by atoms with E-state index in [0.29, 0.717) is 5.75 Å². The number of likely N-dealkylation sites (tertiary alicyclic amines) is 1. The summed E-state index contributed by atoms with van der Waals surface area (Å²) in [5.74, 6) is 0.374. The Labute approximate surface area is 130 Å². The second kappa shape index (κ2) is 6.88. The highest BCUT2D eigenvalue weighted by Crippen LogP contribution is 2.20. The lowest BCUT2D eigenvalue weighted by Crippen LogP contribution is -2.38. The zero-order chi connectivity index (χ0) is 15.4. The molecule has 0 unspecified atom stereocenters. The van der Waals surface area contributed by atoms with Crippen molar-refractivity contribution in [3.63, 3.8) is 0 Å². The Bertz CT molecular complexity index is 568. The van der Waals surface area contributed by atoms with Crippen molar-refractivity contribution in [2.24, 2.45) is 0 Å². The first-order valence-corrected chi connectivity index (χ1v) is 7.76. The normalized spacial score (nSPS) is 16.6. The monoisotopic (exact) mass is 300 g/mol. The van der Waals surface area contributed by atoms with Crippen molar-refractivity contribution in [1.82, 2.24) is 9.88 Å². The second-order valence-electron chi connectivity index (χ2n) is 5.82. The molecule has 116 valence electrons. The van der Waals surface area contributed by atoms with E-state index in [0.717, 1.165) is 43.9 Å². The van der Waals surface area contributed by atoms with Gasteiger partial charge in [0, 0.05) is 31.4 Å². The summed E-state index contributed by atoms with van der Waals surface area (Å²) >= 11 is 0. The smallest absolute Gasteiger partial charge is 0.126 e. The summed E-state index contributed by atoms with van der Waals surface area (Å²) in [5.41, 5.74) is 2.17. The number of hydrogen-bond acceptors (Lipinski definition) is 3. The van der Waals surface area contributed by atoms with Crippen LogP contribution >= 0.6 is 0 Å². The van der Waals surface area contributed by atoms with E-state index in [4.69, 9.17) is 4.74 Å². The molecule has 3 rings (SSSR count). The van der Waals surface area contributed by atoms with Gasteiger partial charge >= 0.3 is 0 Å². The molecule has 0 aliphatic carbocycles. The van der Waals surface area contributed by atoms with Crippen LogP contribution in [-0.4, -0.2) is 29.1 Å². The van der Waals surface area contributed by atoms with Crippen LogP contribution in [0.5, 0.6) is 5.75 Å². The van der Waals surface area contributed by atoms with Crippen LogP contribution in [0.3, 0.4) is 0 Å². The molecule has 1 aromatic carbocycles. The molecule has 3 nitrogen and oxygen atoms in total. The number of benzene rings is 1. The zero-order valence-electron chi connectivity index (χ0n) is 12.8. The molecule has 1 fully saturated rings. The van der Waals surface area contributed by atoms with Crippen molar-refractivity contribution in [2.75, 3.05) is 13.1 Å². The van der Waals surface area contributed by atoms with Gasteiger partial charge in [0.15, 0.2) is 0 Å². The molecule has 0 spiro atoms. The summed E-state index contributed by atoms with van der Waals surface area (Å²) in [6.07, 6.45) is 2.09. The number of piperidine rings is 1. The maximum absolute atomic E-state index is 13.2. The maximum atomic E-state index is 13.2. The Morgan fingerprint density at radius 3 is 2.68 bits per heavy atom. The average molecular weight is 300 g/mol. The van der Waals surface area contributed by atoms with E-state index in [-0.39, 0.29) is 11.9 Å². The lowest BCUT2D eigenvalue weighted by atomic mass is 10.1. The standard InChI is InChI=1S/C18H21FN2O/c1-14-4-2-6-16(20-14)13-21-10-8-17(9-11-21)22-18-7-3-5-15(19)12-18/h2-7,12,17H,8-11,13H2,1H3. The minimum Gasteiger partial charge on any atom is -0.490 e. The van der Waals surface area contributed by atoms with E-state index in [2.05, 4.69) is 22.0 Å². The first-order chi connectivity index (χ1) is 10.7. The summed E-state index contributed by atoms with van der Waals surface area (Å²) in [6.45, 7) is 4.86. The highest BCUT2D eigenvalue weighted by molar-refractivity contribution is 5.22. The molecule has 1 aromatic heterocycles. The van der Waals surface area contributed by atoms with Gasteiger partial charge in [0.2, 0.25) is 0 Å². The third kappa shape index (κ3) is 4.04. The van der Waals surface area contributed by atoms with Crippen LogP contribution in [0.4, 0.5) is 4.39 Å². The SMILES string of the molecule is Cc1cccc(CN2CCC(Oc3cccc(F)c3)CC2)n1. The number of halogens is 1. The van der Waals surface area contributed by atoms with E-state index < -0.39 is 0 Å². The number of nitrogens with zero attached hydrogens (tertiary/aromatic N) is 2. The molecule has 1 saturated heterocycles. The summed E-state index contributed by atoms with van der Waals surface area (Å²) in [5, 5.41) is 0. The Balaban J connectivity index is 1.50. The van der Waals surface area contributed by atoms with Crippen molar-refractivity contribution in [3.8, 4) is 5.75 Å². The summed E-state index contributed by atoms with van der Waals surface area (Å²) in [6, 6.07) is 12.5. The molecular formula is C18H21FN2O. The highest BCUT2D eigenvalue weighted by Gasteiger charge is 2.21. The van der Waals surface area contributed by atoms with Crippen molar-refractivity contribution in [3.05, 3.63) is 59.7 Å². The lowest BCUT2D eigenvalue weighted by Gasteiger charge is -2.32. The van der Waals surface area contributed by atoms with Crippen LogP contribution in [0, 0.1) is 12.7 Å². The summed E-state index contributed by atoms with van der Waals surface area (Å²) in [7, 11) is 0. The Morgan fingerprint density at radius 2 is 1.95 bits per heavy atom. The van der Waals surface area contributed by atoms with Gasteiger partial charge in [0.05, 0.1) is 5.69 Å². The number of rotatable bonds is 4. The fourth-order valence-electron chi connectivity index (χ4n) is 2.83. The molecule has 0 saturated carbocycles. The van der Waals surface area contributed by atoms with Crippen LogP contribution in [0.25, 0.3) is 0 Å². The Hall–Kier alpha value is -1.94. The fourth-order valence-corrected chi connectivity index (χ4v) is 2.83. The van der Waals surface area contributed by atoms with E-state index in [9.17, 15) is 4.39 Å². The van der Waals surface area contributed by atoms with Gasteiger partial charge in [0.1, 0.15) is 17.7 Å². The third-order valence-corrected chi connectivity index (χ3v) is 3.97. The number of pyridine rings is 1. The van der Waals surface area contributed by atoms with Crippen molar-refractivity contribution >= 4 is 0 Å². The number of aryl methyl sites for hydroxylation is 1. The summed E-state index contributed by atoms with van der Waals surface area (Å²) < 4.78 is 19.0. The van der Waals surface area contributed by atoms with Crippen LogP contribution < -0.4 is 4.74 Å². The van der Waals surface area contributed by atoms with Gasteiger partial charge in [-0.05, 0) is 44.0 Å². The van der Waals surface area contributed by atoms with Crippen molar-refractivity contribution in [1.29, 1.82) is 0 Å². The Morgan fingerprint density at radius 1 is 1.18 bits per heavy atom. The topological polar surface area (TPSA) is 25.4 Å². The predicted octanol–water partition coefficient (Wildman–Crippen LogP) is 3.57. The molecule has 22 heavy (non-hydrogen) atoms. The van der Waals surface area contributed by atoms with Gasteiger partial charge in [0.25, 0.3) is 0 Å². The van der Waals surface area contributed by atoms with Gasteiger partial charge in [-0.25, -0.2) is 4.39 Å². The van der Waals surface area contributed by atoms with Crippen molar-refractivity contribution in [2.45, 2.75) is 32.4 Å². The third-order valence-electron chi connectivity index (χ3n) is 3.97. The van der Waals surface area contributed by atoms with E-state index in [1.807, 2.05) is 19.1 Å². The average Bonchev–Trinajstić information content (AvgIpc) is 2.49. The number of hydrogen-bond donors (Lipinski definition) is 0. The van der Waals surface area contributed by atoms with E-state index in [1.165, 1.54) is 12.1 Å². The summed E-state index contributed by atoms with van der Waals surface area (Å²) in [4.78, 5) is 6.95. The molecule has 4 heteroatoms. The molecule has 0 radical (unpaired) electrons. The van der Waals surface area contributed by atoms with Crippen LogP contribution in [0.1, 0.15) is 24.2 Å². The largest absolute Gasteiger partial charge is 0.490 e. The van der Waals surface area contributed by atoms with E-state index >= 15 is 0 Å². The van der Waals surface area contributed by atoms with Crippen LogP contribution in [-0.2, 0) is 6.54 Å². The second-order valence-corrected chi connectivity index (χ2v) is 5.82. The molecule has 0 amide bonds. The minimum atomic E-state index is -0.250. The first-order valence-electron chi connectivity index (χ1n) is 7.76. The molecule has 0 bridgehead atoms. The number of ether oxygens (including phenoxy) is 1. The van der Waals surface area contributed by atoms with Gasteiger partial charge in [-0.3, -0.25) is 9.88 Å². The molecule has 2 heterocycles. The zero-order valence-corrected chi connectivity index (χ0v) is 12.8. The minimum absolute atomic E-state index is 0.170. The van der Waals surface area contributed by atoms with Gasteiger partial charge in [-0.2, -0.15) is 0 Å². The number of aromatic nitrogens is 1. The quantitative estimate of drug-likeness (QED) is 0.863. The Kier molecular flexibility index (Phi) is 4.68. The molecule has 2 aromatic rings. The fraction of sp³-hybridized carbons (Fsp3) is 0.389. The van der Waals surface area contributed by atoms with E-state index in [1.54, 1.807) is 6.07 Å². The van der Waals surface area contributed by atoms with Gasteiger partial charge in [-0.15, -0.1) is 0 Å². The van der Waals surface area contributed by atoms with Crippen LogP contribution in [0.15, 0.2) is 42.5 Å². The molecule has 0 atom stereocenters. The van der Waals surface area contributed by atoms with Gasteiger partial charge < -0.3 is 4.74 Å². The maximum Gasteiger partial charge on any atom is 0.126 e. The molecular weight excluding hydrogens is 279 g/mol. The predicted molar refractivity (Wildman–Crippen MR) is 84.3 cm³/mol. The molecule has 1 aliphatic heterocycles. The van der Waals surface area contributed by atoms with Crippen molar-refractivity contribution < 1.29 is 9.13 Å². The molecule has 1 aliphatic rings. The highest BCUT2D eigenvalue weighted by atomic mass is 19.1. The lowest BCUT2D eigenvalue weighted by molar-refractivity contribution is 0.0958.